The Bertz CT molecular complexity index is 553. The van der Waals surface area contributed by atoms with E-state index in [0.29, 0.717) is 17.5 Å². The summed E-state index contributed by atoms with van der Waals surface area (Å²) in [7, 11) is 1.66. The Kier molecular flexibility index (Phi) is 4.38. The first-order valence-corrected chi connectivity index (χ1v) is 6.62. The molecule has 100 valence electrons. The highest BCUT2D eigenvalue weighted by molar-refractivity contribution is 6.29. The number of aromatic nitrogens is 2. The van der Waals surface area contributed by atoms with Gasteiger partial charge < -0.3 is 4.74 Å². The molecule has 1 heterocycles. The van der Waals surface area contributed by atoms with Crippen LogP contribution in [-0.2, 0) is 6.42 Å². The lowest BCUT2D eigenvalue weighted by atomic mass is 10.1. The molecule has 0 N–H and O–H groups in total. The molecule has 0 spiro atoms. The molecule has 2 aromatic rings. The number of rotatable bonds is 4. The van der Waals surface area contributed by atoms with Gasteiger partial charge >= 0.3 is 0 Å². The van der Waals surface area contributed by atoms with Gasteiger partial charge in [0.2, 0.25) is 0 Å². The maximum absolute atomic E-state index is 6.04. The summed E-state index contributed by atoms with van der Waals surface area (Å²) in [4.78, 5) is 8.82. The molecule has 1 aromatic carbocycles. The molecule has 3 nitrogen and oxygen atoms in total. The van der Waals surface area contributed by atoms with E-state index in [1.807, 2.05) is 30.3 Å². The molecule has 0 bridgehead atoms. The Hall–Kier alpha value is -1.61. The number of nitrogens with zero attached hydrogens (tertiary/aromatic N) is 2. The van der Waals surface area contributed by atoms with E-state index in [1.54, 1.807) is 7.11 Å². The van der Waals surface area contributed by atoms with E-state index in [1.165, 1.54) is 0 Å². The molecule has 0 radical (unpaired) electrons. The van der Waals surface area contributed by atoms with E-state index in [-0.39, 0.29) is 0 Å². The molecule has 1 aromatic heterocycles. The number of benzene rings is 1. The summed E-state index contributed by atoms with van der Waals surface area (Å²) in [6.45, 7) is 4.19. The normalized spacial score (nSPS) is 10.8. The third-order valence-electron chi connectivity index (χ3n) is 2.87. The Labute approximate surface area is 118 Å². The lowest BCUT2D eigenvalue weighted by molar-refractivity contribution is 0.414. The fraction of sp³-hybridized carbons (Fsp3) is 0.333. The largest absolute Gasteiger partial charge is 0.497 e. The van der Waals surface area contributed by atoms with Crippen LogP contribution in [0.5, 0.6) is 5.75 Å². The molecule has 0 fully saturated rings. The van der Waals surface area contributed by atoms with Gasteiger partial charge in [0.05, 0.1) is 7.11 Å². The van der Waals surface area contributed by atoms with Crippen molar-refractivity contribution in [2.24, 2.45) is 0 Å². The van der Waals surface area contributed by atoms with Gasteiger partial charge in [-0.2, -0.15) is 0 Å². The predicted octanol–water partition coefficient (Wildman–Crippen LogP) is 3.85. The van der Waals surface area contributed by atoms with Crippen molar-refractivity contribution in [1.29, 1.82) is 0 Å². The van der Waals surface area contributed by atoms with Crippen LogP contribution in [-0.4, -0.2) is 17.1 Å². The molecule has 0 unspecified atom stereocenters. The van der Waals surface area contributed by atoms with Crippen molar-refractivity contribution in [1.82, 2.24) is 9.97 Å². The minimum Gasteiger partial charge on any atom is -0.497 e. The van der Waals surface area contributed by atoms with Crippen molar-refractivity contribution < 1.29 is 4.74 Å². The van der Waals surface area contributed by atoms with Crippen LogP contribution in [0.4, 0.5) is 0 Å². The quantitative estimate of drug-likeness (QED) is 0.796. The van der Waals surface area contributed by atoms with Gasteiger partial charge in [0.15, 0.2) is 0 Å². The van der Waals surface area contributed by atoms with Crippen molar-refractivity contribution in [3.05, 3.63) is 52.6 Å². The lowest BCUT2D eigenvalue weighted by Gasteiger charge is -2.08. The first-order valence-electron chi connectivity index (χ1n) is 6.24. The predicted molar refractivity (Wildman–Crippen MR) is 76.9 cm³/mol. The van der Waals surface area contributed by atoms with Crippen LogP contribution >= 0.6 is 11.6 Å². The summed E-state index contributed by atoms with van der Waals surface area (Å²) < 4.78 is 5.14. The maximum atomic E-state index is 6.04. The van der Waals surface area contributed by atoms with Crippen molar-refractivity contribution in [2.45, 2.75) is 26.2 Å². The molecule has 0 saturated heterocycles. The minimum atomic E-state index is 0.343. The van der Waals surface area contributed by atoms with Crippen molar-refractivity contribution in [3.8, 4) is 5.75 Å². The summed E-state index contributed by atoms with van der Waals surface area (Å²) in [5.74, 6) is 1.94. The number of hydrogen-bond acceptors (Lipinski definition) is 3. The molecule has 0 amide bonds. The van der Waals surface area contributed by atoms with Gasteiger partial charge in [0.1, 0.15) is 16.7 Å². The topological polar surface area (TPSA) is 35.0 Å². The fourth-order valence-electron chi connectivity index (χ4n) is 1.78. The van der Waals surface area contributed by atoms with Crippen molar-refractivity contribution in [3.63, 3.8) is 0 Å². The van der Waals surface area contributed by atoms with Crippen LogP contribution in [0.15, 0.2) is 30.3 Å². The molecule has 0 atom stereocenters. The van der Waals surface area contributed by atoms with Gasteiger partial charge in [0.25, 0.3) is 0 Å². The molecule has 0 aliphatic heterocycles. The summed E-state index contributed by atoms with van der Waals surface area (Å²) in [5, 5.41) is 0.502. The Morgan fingerprint density at radius 3 is 2.42 bits per heavy atom. The highest BCUT2D eigenvalue weighted by Crippen LogP contribution is 2.18. The van der Waals surface area contributed by atoms with Crippen LogP contribution in [0.3, 0.4) is 0 Å². The van der Waals surface area contributed by atoms with Crippen molar-refractivity contribution >= 4 is 11.6 Å². The number of hydrogen-bond donors (Lipinski definition) is 0. The number of halogens is 1. The second-order valence-electron chi connectivity index (χ2n) is 4.71. The Balaban J connectivity index is 2.22. The maximum Gasteiger partial charge on any atom is 0.134 e. The van der Waals surface area contributed by atoms with E-state index in [4.69, 9.17) is 16.3 Å². The van der Waals surface area contributed by atoms with Crippen LogP contribution in [0.25, 0.3) is 0 Å². The second-order valence-corrected chi connectivity index (χ2v) is 5.10. The zero-order valence-electron chi connectivity index (χ0n) is 11.4. The van der Waals surface area contributed by atoms with Crippen LogP contribution in [0.2, 0.25) is 5.15 Å². The molecule has 2 rings (SSSR count). The molecule has 19 heavy (non-hydrogen) atoms. The summed E-state index contributed by atoms with van der Waals surface area (Å²) in [6.07, 6.45) is 0.671. The van der Waals surface area contributed by atoms with E-state index in [0.717, 1.165) is 22.8 Å². The van der Waals surface area contributed by atoms with Crippen molar-refractivity contribution in [2.75, 3.05) is 7.11 Å². The average molecular weight is 277 g/mol. The van der Waals surface area contributed by atoms with Gasteiger partial charge in [-0.3, -0.25) is 0 Å². The zero-order valence-corrected chi connectivity index (χ0v) is 12.1. The fourth-order valence-corrected chi connectivity index (χ4v) is 1.99. The SMILES string of the molecule is COc1ccc(Cc2nc(Cl)cc(C(C)C)n2)cc1. The summed E-state index contributed by atoms with van der Waals surface area (Å²) in [6, 6.07) is 9.71. The standard InChI is InChI=1S/C15H17ClN2O/c1-10(2)13-9-14(16)18-15(17-13)8-11-4-6-12(19-3)7-5-11/h4-7,9-10H,8H2,1-3H3. The van der Waals surface area contributed by atoms with Crippen LogP contribution < -0.4 is 4.74 Å². The van der Waals surface area contributed by atoms with Gasteiger partial charge in [0, 0.05) is 12.1 Å². The third kappa shape index (κ3) is 3.67. The molecule has 4 heteroatoms. The van der Waals surface area contributed by atoms with Gasteiger partial charge in [-0.1, -0.05) is 37.6 Å². The monoisotopic (exact) mass is 276 g/mol. The third-order valence-corrected chi connectivity index (χ3v) is 3.07. The Morgan fingerprint density at radius 2 is 1.84 bits per heavy atom. The van der Waals surface area contributed by atoms with Crippen LogP contribution in [0.1, 0.15) is 36.8 Å². The minimum absolute atomic E-state index is 0.343. The highest BCUT2D eigenvalue weighted by Gasteiger charge is 2.07. The van der Waals surface area contributed by atoms with E-state index in [9.17, 15) is 0 Å². The average Bonchev–Trinajstić information content (AvgIpc) is 2.39. The van der Waals surface area contributed by atoms with E-state index >= 15 is 0 Å². The summed E-state index contributed by atoms with van der Waals surface area (Å²) in [5.41, 5.74) is 2.11. The molecule has 0 saturated carbocycles. The Morgan fingerprint density at radius 1 is 1.16 bits per heavy atom. The molecule has 0 aliphatic carbocycles. The van der Waals surface area contributed by atoms with Gasteiger partial charge in [-0.05, 0) is 29.7 Å². The summed E-state index contributed by atoms with van der Waals surface area (Å²) >= 11 is 6.04. The van der Waals surface area contributed by atoms with E-state index < -0.39 is 0 Å². The van der Waals surface area contributed by atoms with E-state index in [2.05, 4.69) is 23.8 Å². The first-order chi connectivity index (χ1) is 9.08. The first kappa shape index (κ1) is 13.8. The second kappa shape index (κ2) is 6.02. The number of ether oxygens (including phenoxy) is 1. The smallest absolute Gasteiger partial charge is 0.134 e. The van der Waals surface area contributed by atoms with Crippen LogP contribution in [0, 0.1) is 0 Å². The zero-order chi connectivity index (χ0) is 13.8. The van der Waals surface area contributed by atoms with Gasteiger partial charge in [-0.15, -0.1) is 0 Å². The lowest BCUT2D eigenvalue weighted by Crippen LogP contribution is -2.02. The number of methoxy groups -OCH3 is 1. The van der Waals surface area contributed by atoms with Gasteiger partial charge in [-0.25, -0.2) is 9.97 Å². The molecule has 0 aliphatic rings. The molecular formula is C15H17ClN2O. The highest BCUT2D eigenvalue weighted by atomic mass is 35.5. The molecular weight excluding hydrogens is 260 g/mol.